The molecule has 3 aromatic rings. The minimum absolute atomic E-state index is 0.206. The predicted octanol–water partition coefficient (Wildman–Crippen LogP) is 3.63. The van der Waals surface area contributed by atoms with Crippen molar-refractivity contribution in [2.75, 3.05) is 27.3 Å². The van der Waals surface area contributed by atoms with Crippen molar-refractivity contribution in [1.82, 2.24) is 24.5 Å². The van der Waals surface area contributed by atoms with Gasteiger partial charge in [0.25, 0.3) is 12.2 Å². The second kappa shape index (κ2) is 8.14. The predicted molar refractivity (Wildman–Crippen MR) is 107 cm³/mol. The highest BCUT2D eigenvalue weighted by atomic mass is 19.3. The molecule has 0 radical (unpaired) electrons. The highest BCUT2D eigenvalue weighted by Crippen LogP contribution is 2.36. The molecule has 9 heteroatoms. The molecule has 1 aromatic carbocycles. The number of likely N-dealkylation sites (tertiary alicyclic amines) is 1. The smallest absolute Gasteiger partial charge is 0.280 e. The minimum Gasteiger partial charge on any atom is -0.497 e. The molecule has 7 nitrogen and oxygen atoms in total. The van der Waals surface area contributed by atoms with Gasteiger partial charge in [-0.05, 0) is 31.5 Å². The number of piperidine rings is 1. The summed E-state index contributed by atoms with van der Waals surface area (Å²) in [6, 6.07) is 7.26. The van der Waals surface area contributed by atoms with E-state index in [0.29, 0.717) is 18.8 Å². The molecule has 0 unspecified atom stereocenters. The molecule has 2 aromatic heterocycles. The van der Waals surface area contributed by atoms with E-state index >= 15 is 0 Å². The standard InChI is InChI=1S/C21H25F2N5O2/c1-21(18-10-16(19(22)23)26-20-24-13-25-28(18)20)7-4-8-27(12-21)11-14-5-6-15(29-2)9-17(14)30-3/h5-6,9-10,13,19H,4,7-8,11-12H2,1-3H3/t21-/m0/s1. The molecule has 0 spiro atoms. The van der Waals surface area contributed by atoms with Crippen molar-refractivity contribution in [2.45, 2.75) is 38.2 Å². The summed E-state index contributed by atoms with van der Waals surface area (Å²) in [4.78, 5) is 10.3. The molecule has 30 heavy (non-hydrogen) atoms. The van der Waals surface area contributed by atoms with Crippen molar-refractivity contribution < 1.29 is 18.3 Å². The zero-order valence-corrected chi connectivity index (χ0v) is 17.3. The van der Waals surface area contributed by atoms with E-state index in [-0.39, 0.29) is 16.9 Å². The van der Waals surface area contributed by atoms with Crippen molar-refractivity contribution in [2.24, 2.45) is 0 Å². The average molecular weight is 417 g/mol. The van der Waals surface area contributed by atoms with Crippen LogP contribution in [0.25, 0.3) is 5.78 Å². The second-order valence-corrected chi connectivity index (χ2v) is 7.89. The third-order valence-electron chi connectivity index (χ3n) is 5.78. The third-order valence-corrected chi connectivity index (χ3v) is 5.78. The Hall–Kier alpha value is -2.81. The van der Waals surface area contributed by atoms with Crippen LogP contribution in [-0.4, -0.2) is 51.8 Å². The van der Waals surface area contributed by atoms with Gasteiger partial charge in [-0.25, -0.2) is 18.3 Å². The van der Waals surface area contributed by atoms with E-state index in [0.717, 1.165) is 36.4 Å². The first-order valence-corrected chi connectivity index (χ1v) is 9.86. The fourth-order valence-corrected chi connectivity index (χ4v) is 4.28. The van der Waals surface area contributed by atoms with Crippen LogP contribution in [0.4, 0.5) is 8.78 Å². The van der Waals surface area contributed by atoms with E-state index in [1.165, 1.54) is 12.4 Å². The van der Waals surface area contributed by atoms with Gasteiger partial charge in [-0.15, -0.1) is 0 Å². The molecule has 1 aliphatic rings. The zero-order chi connectivity index (χ0) is 21.3. The molecular weight excluding hydrogens is 392 g/mol. The van der Waals surface area contributed by atoms with E-state index in [9.17, 15) is 8.78 Å². The number of halogens is 2. The molecule has 0 aliphatic carbocycles. The van der Waals surface area contributed by atoms with Gasteiger partial charge in [0.1, 0.15) is 23.5 Å². The van der Waals surface area contributed by atoms with Crippen molar-refractivity contribution >= 4 is 5.78 Å². The second-order valence-electron chi connectivity index (χ2n) is 7.89. The molecule has 0 amide bonds. The van der Waals surface area contributed by atoms with Crippen LogP contribution < -0.4 is 9.47 Å². The SMILES string of the molecule is COc1ccc(CN2CCC[C@](C)(c3cc(C(F)F)nc4ncnn34)C2)c(OC)c1. The number of fused-ring (bicyclic) bond motifs is 1. The first kappa shape index (κ1) is 20.5. The maximum atomic E-state index is 13.4. The Morgan fingerprint density at radius 3 is 2.77 bits per heavy atom. The molecule has 0 bridgehead atoms. The Bertz CT molecular complexity index is 1040. The summed E-state index contributed by atoms with van der Waals surface area (Å²) in [5.74, 6) is 1.71. The van der Waals surface area contributed by atoms with Crippen molar-refractivity contribution in [3.63, 3.8) is 0 Å². The maximum Gasteiger partial charge on any atom is 0.280 e. The number of nitrogens with zero attached hydrogens (tertiary/aromatic N) is 5. The molecule has 1 aliphatic heterocycles. The van der Waals surface area contributed by atoms with Gasteiger partial charge >= 0.3 is 0 Å². The van der Waals surface area contributed by atoms with Crippen molar-refractivity contribution in [1.29, 1.82) is 0 Å². The summed E-state index contributed by atoms with van der Waals surface area (Å²) in [5, 5.41) is 4.24. The number of rotatable bonds is 6. The van der Waals surface area contributed by atoms with Crippen LogP contribution in [0.3, 0.4) is 0 Å². The number of methoxy groups -OCH3 is 2. The molecule has 160 valence electrons. The molecule has 3 heterocycles. The Morgan fingerprint density at radius 1 is 1.20 bits per heavy atom. The first-order valence-electron chi connectivity index (χ1n) is 9.86. The first-order chi connectivity index (χ1) is 14.4. The number of hydrogen-bond acceptors (Lipinski definition) is 6. The van der Waals surface area contributed by atoms with Crippen LogP contribution in [0.5, 0.6) is 11.5 Å². The van der Waals surface area contributed by atoms with Gasteiger partial charge in [0.2, 0.25) is 0 Å². The molecule has 0 saturated carbocycles. The lowest BCUT2D eigenvalue weighted by atomic mass is 9.78. The summed E-state index contributed by atoms with van der Waals surface area (Å²) < 4.78 is 39.3. The van der Waals surface area contributed by atoms with Gasteiger partial charge in [0.15, 0.2) is 0 Å². The molecule has 1 atom stereocenters. The van der Waals surface area contributed by atoms with Gasteiger partial charge in [-0.2, -0.15) is 10.1 Å². The maximum absolute atomic E-state index is 13.4. The average Bonchev–Trinajstić information content (AvgIpc) is 3.22. The summed E-state index contributed by atoms with van der Waals surface area (Å²) >= 11 is 0. The summed E-state index contributed by atoms with van der Waals surface area (Å²) in [7, 11) is 3.26. The Balaban J connectivity index is 1.64. The van der Waals surface area contributed by atoms with E-state index < -0.39 is 6.43 Å². The Labute approximate surface area is 173 Å². The summed E-state index contributed by atoms with van der Waals surface area (Å²) in [5.41, 5.74) is 1.14. The van der Waals surface area contributed by atoms with Gasteiger partial charge in [-0.1, -0.05) is 13.0 Å². The normalized spacial score (nSPS) is 20.1. The highest BCUT2D eigenvalue weighted by molar-refractivity contribution is 5.41. The highest BCUT2D eigenvalue weighted by Gasteiger charge is 2.36. The van der Waals surface area contributed by atoms with Gasteiger partial charge in [-0.3, -0.25) is 4.90 Å². The van der Waals surface area contributed by atoms with Crippen LogP contribution in [-0.2, 0) is 12.0 Å². The largest absolute Gasteiger partial charge is 0.497 e. The van der Waals surface area contributed by atoms with Crippen LogP contribution in [0.1, 0.15) is 43.1 Å². The number of hydrogen-bond donors (Lipinski definition) is 0. The lowest BCUT2D eigenvalue weighted by Gasteiger charge is -2.41. The van der Waals surface area contributed by atoms with Crippen molar-refractivity contribution in [3.05, 3.63) is 47.5 Å². The molecule has 4 rings (SSSR count). The number of alkyl halides is 2. The molecular formula is C21H25F2N5O2. The molecule has 1 saturated heterocycles. The Kier molecular flexibility index (Phi) is 5.55. The lowest BCUT2D eigenvalue weighted by molar-refractivity contribution is 0.138. The molecule has 0 N–H and O–H groups in total. The van der Waals surface area contributed by atoms with Gasteiger partial charge in [0, 0.05) is 30.1 Å². The third kappa shape index (κ3) is 3.81. The Morgan fingerprint density at radius 2 is 2.03 bits per heavy atom. The quantitative estimate of drug-likeness (QED) is 0.610. The number of ether oxygens (including phenoxy) is 2. The molecule has 1 fully saturated rings. The van der Waals surface area contributed by atoms with Crippen LogP contribution in [0.2, 0.25) is 0 Å². The fraction of sp³-hybridized carbons (Fsp3) is 0.476. The summed E-state index contributed by atoms with van der Waals surface area (Å²) in [6.45, 7) is 4.40. The van der Waals surface area contributed by atoms with E-state index in [4.69, 9.17) is 9.47 Å². The monoisotopic (exact) mass is 417 g/mol. The minimum atomic E-state index is -2.66. The van der Waals surface area contributed by atoms with Crippen molar-refractivity contribution in [3.8, 4) is 11.5 Å². The number of aromatic nitrogens is 4. The van der Waals surface area contributed by atoms with E-state index in [1.54, 1.807) is 18.7 Å². The van der Waals surface area contributed by atoms with Crippen LogP contribution in [0, 0.1) is 0 Å². The van der Waals surface area contributed by atoms with Gasteiger partial charge in [0.05, 0.1) is 19.9 Å². The topological polar surface area (TPSA) is 64.8 Å². The van der Waals surface area contributed by atoms with Crippen LogP contribution >= 0.6 is 0 Å². The van der Waals surface area contributed by atoms with E-state index in [2.05, 4.69) is 26.9 Å². The van der Waals surface area contributed by atoms with Crippen LogP contribution in [0.15, 0.2) is 30.6 Å². The number of benzene rings is 1. The van der Waals surface area contributed by atoms with E-state index in [1.807, 2.05) is 18.2 Å². The fourth-order valence-electron chi connectivity index (χ4n) is 4.28. The zero-order valence-electron chi connectivity index (χ0n) is 17.3. The lowest BCUT2D eigenvalue weighted by Crippen LogP contribution is -2.45. The summed E-state index contributed by atoms with van der Waals surface area (Å²) in [6.07, 6.45) is 0.507. The van der Waals surface area contributed by atoms with Gasteiger partial charge < -0.3 is 9.47 Å².